The number of benzene rings is 3. The maximum atomic E-state index is 13.1. The molecule has 0 unspecified atom stereocenters. The number of carbonyl (C=O) groups excluding carboxylic acids is 3. The average Bonchev–Trinajstić information content (AvgIpc) is 2.81. The summed E-state index contributed by atoms with van der Waals surface area (Å²) in [6.45, 7) is 0.146. The van der Waals surface area contributed by atoms with Crippen molar-refractivity contribution in [2.45, 2.75) is 6.61 Å². The van der Waals surface area contributed by atoms with Crippen molar-refractivity contribution in [1.29, 1.82) is 0 Å². The van der Waals surface area contributed by atoms with Crippen LogP contribution in [0.4, 0.5) is 16.2 Å². The van der Waals surface area contributed by atoms with Crippen LogP contribution in [0.3, 0.4) is 0 Å². The molecule has 0 aliphatic carbocycles. The zero-order chi connectivity index (χ0) is 26.0. The van der Waals surface area contributed by atoms with Crippen LogP contribution in [0.5, 0.6) is 5.75 Å². The monoisotopic (exact) mass is 633 g/mol. The van der Waals surface area contributed by atoms with Gasteiger partial charge in [-0.15, -0.1) is 0 Å². The second-order valence-corrected chi connectivity index (χ2v) is 9.61. The maximum absolute atomic E-state index is 13.1. The molecule has 36 heavy (non-hydrogen) atoms. The Kier molecular flexibility index (Phi) is 7.53. The Morgan fingerprint density at radius 2 is 1.69 bits per heavy atom. The van der Waals surface area contributed by atoms with Crippen LogP contribution >= 0.6 is 43.5 Å². The van der Waals surface area contributed by atoms with E-state index in [2.05, 4.69) is 37.2 Å². The first-order valence-electron chi connectivity index (χ1n) is 10.2. The van der Waals surface area contributed by atoms with E-state index in [1.54, 1.807) is 36.4 Å². The van der Waals surface area contributed by atoms with Gasteiger partial charge in [-0.25, -0.2) is 9.69 Å². The highest BCUT2D eigenvalue weighted by Crippen LogP contribution is 2.36. The van der Waals surface area contributed by atoms with E-state index in [4.69, 9.17) is 16.3 Å². The van der Waals surface area contributed by atoms with Crippen molar-refractivity contribution in [2.24, 2.45) is 0 Å². The Morgan fingerprint density at radius 3 is 2.31 bits per heavy atom. The first kappa shape index (κ1) is 25.5. The summed E-state index contributed by atoms with van der Waals surface area (Å²) in [5.41, 5.74) is 1.17. The molecule has 0 bridgehead atoms. The number of non-ortho nitro benzene ring substituents is 1. The van der Waals surface area contributed by atoms with Crippen molar-refractivity contribution in [3.63, 3.8) is 0 Å². The normalized spacial score (nSPS) is 14.7. The van der Waals surface area contributed by atoms with Crippen LogP contribution in [0, 0.1) is 10.1 Å². The van der Waals surface area contributed by atoms with Crippen molar-refractivity contribution in [1.82, 2.24) is 5.32 Å². The Balaban J connectivity index is 1.57. The smallest absolute Gasteiger partial charge is 0.335 e. The lowest BCUT2D eigenvalue weighted by molar-refractivity contribution is -0.384. The highest BCUT2D eigenvalue weighted by Gasteiger charge is 2.37. The van der Waals surface area contributed by atoms with Crippen LogP contribution in [0.2, 0.25) is 5.02 Å². The van der Waals surface area contributed by atoms with Crippen molar-refractivity contribution in [3.8, 4) is 5.75 Å². The van der Waals surface area contributed by atoms with Gasteiger partial charge in [0.2, 0.25) is 0 Å². The highest BCUT2D eigenvalue weighted by molar-refractivity contribution is 9.11. The molecular weight excluding hydrogens is 622 g/mol. The molecule has 0 spiro atoms. The van der Waals surface area contributed by atoms with Crippen molar-refractivity contribution in [2.75, 3.05) is 4.90 Å². The van der Waals surface area contributed by atoms with E-state index in [-0.39, 0.29) is 23.6 Å². The van der Waals surface area contributed by atoms with Gasteiger partial charge < -0.3 is 4.74 Å². The number of imide groups is 2. The summed E-state index contributed by atoms with van der Waals surface area (Å²) in [5.74, 6) is -1.17. The molecule has 1 saturated heterocycles. The van der Waals surface area contributed by atoms with Crippen molar-refractivity contribution >= 4 is 78.8 Å². The number of rotatable bonds is 6. The zero-order valence-corrected chi connectivity index (χ0v) is 22.0. The summed E-state index contributed by atoms with van der Waals surface area (Å²) in [5, 5.41) is 13.3. The van der Waals surface area contributed by atoms with Gasteiger partial charge in [-0.3, -0.25) is 25.0 Å². The van der Waals surface area contributed by atoms with Gasteiger partial charge in [0.15, 0.2) is 0 Å². The predicted octanol–water partition coefficient (Wildman–Crippen LogP) is 6.02. The van der Waals surface area contributed by atoms with Crippen LogP contribution < -0.4 is 15.0 Å². The summed E-state index contributed by atoms with van der Waals surface area (Å²) >= 11 is 12.8. The number of hydrogen-bond acceptors (Lipinski definition) is 6. The largest absolute Gasteiger partial charge is 0.487 e. The molecule has 1 aliphatic rings. The van der Waals surface area contributed by atoms with Gasteiger partial charge in [0.1, 0.15) is 17.9 Å². The lowest BCUT2D eigenvalue weighted by Gasteiger charge is -2.26. The molecule has 12 heteroatoms. The summed E-state index contributed by atoms with van der Waals surface area (Å²) in [4.78, 5) is 49.0. The van der Waals surface area contributed by atoms with Gasteiger partial charge in [-0.1, -0.05) is 17.7 Å². The molecular formula is C24H14Br2ClN3O6. The van der Waals surface area contributed by atoms with Gasteiger partial charge in [-0.2, -0.15) is 0 Å². The molecule has 0 aromatic heterocycles. The van der Waals surface area contributed by atoms with Gasteiger partial charge >= 0.3 is 6.03 Å². The number of ether oxygens (including phenoxy) is 1. The molecule has 1 fully saturated rings. The molecule has 4 amide bonds. The summed E-state index contributed by atoms with van der Waals surface area (Å²) in [6, 6.07) is 14.5. The maximum Gasteiger partial charge on any atom is 0.335 e. The molecule has 1 heterocycles. The Hall–Kier alpha value is -3.54. The van der Waals surface area contributed by atoms with Crippen molar-refractivity contribution in [3.05, 3.63) is 101 Å². The molecule has 4 rings (SSSR count). The average molecular weight is 636 g/mol. The van der Waals surface area contributed by atoms with E-state index in [1.165, 1.54) is 30.3 Å². The van der Waals surface area contributed by atoms with E-state index >= 15 is 0 Å². The number of urea groups is 1. The molecule has 3 aromatic rings. The fourth-order valence-corrected chi connectivity index (χ4v) is 4.98. The molecule has 1 aliphatic heterocycles. The number of amides is 4. The third-order valence-electron chi connectivity index (χ3n) is 5.03. The molecule has 182 valence electrons. The third kappa shape index (κ3) is 5.48. The van der Waals surface area contributed by atoms with Gasteiger partial charge in [-0.05, 0) is 91.5 Å². The fourth-order valence-electron chi connectivity index (χ4n) is 3.34. The number of hydrogen-bond donors (Lipinski definition) is 1. The van der Waals surface area contributed by atoms with Crippen LogP contribution in [0.25, 0.3) is 6.08 Å². The summed E-state index contributed by atoms with van der Waals surface area (Å²) in [6.07, 6.45) is 1.36. The molecule has 3 aromatic carbocycles. The molecule has 9 nitrogen and oxygen atoms in total. The van der Waals surface area contributed by atoms with Crippen LogP contribution in [0.15, 0.2) is 75.2 Å². The number of anilines is 1. The number of nitrogens with zero attached hydrogens (tertiary/aromatic N) is 2. The van der Waals surface area contributed by atoms with E-state index < -0.39 is 22.8 Å². The van der Waals surface area contributed by atoms with Crippen LogP contribution in [-0.2, 0) is 16.2 Å². The summed E-state index contributed by atoms with van der Waals surface area (Å²) in [7, 11) is 0. The minimum Gasteiger partial charge on any atom is -0.487 e. The number of nitro benzene ring substituents is 1. The zero-order valence-electron chi connectivity index (χ0n) is 18.0. The molecule has 0 radical (unpaired) electrons. The van der Waals surface area contributed by atoms with E-state index in [0.717, 1.165) is 10.5 Å². The van der Waals surface area contributed by atoms with E-state index in [0.29, 0.717) is 25.3 Å². The molecule has 1 N–H and O–H groups in total. The Labute approximate surface area is 226 Å². The lowest BCUT2D eigenvalue weighted by Crippen LogP contribution is -2.54. The summed E-state index contributed by atoms with van der Waals surface area (Å²) < 4.78 is 6.90. The lowest BCUT2D eigenvalue weighted by atomic mass is 10.1. The van der Waals surface area contributed by atoms with Crippen LogP contribution in [-0.4, -0.2) is 22.8 Å². The minimum absolute atomic E-state index is 0.0181. The number of nitro groups is 1. The number of barbiturate groups is 1. The van der Waals surface area contributed by atoms with Gasteiger partial charge in [0, 0.05) is 17.2 Å². The quantitative estimate of drug-likeness (QED) is 0.153. The number of carbonyl (C=O) groups is 3. The fraction of sp³-hybridized carbons (Fsp3) is 0.0417. The third-order valence-corrected chi connectivity index (χ3v) is 6.44. The van der Waals surface area contributed by atoms with Gasteiger partial charge in [0.05, 0.1) is 19.6 Å². The first-order valence-corrected chi connectivity index (χ1v) is 12.1. The van der Waals surface area contributed by atoms with Gasteiger partial charge in [0.25, 0.3) is 17.5 Å². The topological polar surface area (TPSA) is 119 Å². The Bertz CT molecular complexity index is 1420. The molecule has 0 atom stereocenters. The SMILES string of the molecule is O=C1NC(=O)N(c2cccc(Cl)c2)C(=O)/C1=C/c1cc(Br)c(OCc2ccc([N+](=O)[O-])cc2)c(Br)c1. The second-order valence-electron chi connectivity index (χ2n) is 7.46. The predicted molar refractivity (Wildman–Crippen MR) is 140 cm³/mol. The highest BCUT2D eigenvalue weighted by atomic mass is 79.9. The number of nitrogens with one attached hydrogen (secondary N) is 1. The standard InChI is InChI=1S/C24H14Br2ClN3O6/c25-19-9-14(10-20(26)21(19)36-12-13-4-6-16(7-5-13)30(34)35)8-18-22(31)28-24(33)29(23(18)32)17-3-1-2-15(27)11-17/h1-11H,12H2,(H,28,31,33)/b18-8+. The first-order chi connectivity index (χ1) is 17.1. The minimum atomic E-state index is -0.873. The van der Waals surface area contributed by atoms with E-state index in [9.17, 15) is 24.5 Å². The molecule has 0 saturated carbocycles. The Morgan fingerprint density at radius 1 is 1.03 bits per heavy atom. The number of halogens is 3. The van der Waals surface area contributed by atoms with Crippen molar-refractivity contribution < 1.29 is 24.0 Å². The second kappa shape index (κ2) is 10.6. The van der Waals surface area contributed by atoms with Crippen LogP contribution in [0.1, 0.15) is 11.1 Å². The van der Waals surface area contributed by atoms with E-state index in [1.807, 2.05) is 0 Å².